The minimum atomic E-state index is 0.210. The SMILES string of the molecule is NC1CCc2c(-c3coc4ccccc34)nc(Br)n2C1. The van der Waals surface area contributed by atoms with Gasteiger partial charge in [0.1, 0.15) is 11.8 Å². The minimum absolute atomic E-state index is 0.210. The van der Waals surface area contributed by atoms with Crippen LogP contribution in [-0.2, 0) is 13.0 Å². The summed E-state index contributed by atoms with van der Waals surface area (Å²) < 4.78 is 8.66. The number of nitrogens with two attached hydrogens (primary N) is 1. The van der Waals surface area contributed by atoms with Gasteiger partial charge in [0.2, 0.25) is 0 Å². The molecule has 0 amide bonds. The van der Waals surface area contributed by atoms with Crippen LogP contribution in [-0.4, -0.2) is 15.6 Å². The topological polar surface area (TPSA) is 57.0 Å². The molecule has 1 aliphatic rings. The molecule has 1 unspecified atom stereocenters. The second-order valence-corrected chi connectivity index (χ2v) is 5.94. The third-order valence-corrected chi connectivity index (χ3v) is 4.54. The van der Waals surface area contributed by atoms with E-state index in [4.69, 9.17) is 10.2 Å². The number of hydrogen-bond donors (Lipinski definition) is 1. The Morgan fingerprint density at radius 2 is 2.20 bits per heavy atom. The van der Waals surface area contributed by atoms with Crippen molar-refractivity contribution in [2.24, 2.45) is 5.73 Å². The summed E-state index contributed by atoms with van der Waals surface area (Å²) in [4.78, 5) is 4.68. The van der Waals surface area contributed by atoms with Gasteiger partial charge in [-0.05, 0) is 34.8 Å². The van der Waals surface area contributed by atoms with Gasteiger partial charge < -0.3 is 14.7 Å². The lowest BCUT2D eigenvalue weighted by Crippen LogP contribution is -2.31. The maximum atomic E-state index is 6.05. The van der Waals surface area contributed by atoms with Gasteiger partial charge in [-0.1, -0.05) is 18.2 Å². The molecule has 1 aliphatic heterocycles. The summed E-state index contributed by atoms with van der Waals surface area (Å²) in [5, 5.41) is 1.11. The van der Waals surface area contributed by atoms with Crippen LogP contribution >= 0.6 is 15.9 Å². The zero-order valence-corrected chi connectivity index (χ0v) is 12.4. The second kappa shape index (κ2) is 4.46. The number of para-hydroxylation sites is 1. The Hall–Kier alpha value is -1.59. The van der Waals surface area contributed by atoms with Crippen molar-refractivity contribution in [2.75, 3.05) is 0 Å². The fourth-order valence-corrected chi connectivity index (χ4v) is 3.46. The van der Waals surface area contributed by atoms with Crippen LogP contribution in [0.3, 0.4) is 0 Å². The number of rotatable bonds is 1. The number of fused-ring (bicyclic) bond motifs is 2. The molecule has 0 saturated carbocycles. The van der Waals surface area contributed by atoms with Crippen molar-refractivity contribution in [3.05, 3.63) is 41.0 Å². The van der Waals surface area contributed by atoms with Crippen LogP contribution < -0.4 is 5.73 Å². The molecule has 1 atom stereocenters. The van der Waals surface area contributed by atoms with E-state index in [0.29, 0.717) is 0 Å². The van der Waals surface area contributed by atoms with Gasteiger partial charge in [-0.15, -0.1) is 0 Å². The van der Waals surface area contributed by atoms with Crippen LogP contribution in [0.4, 0.5) is 0 Å². The average Bonchev–Trinajstić information content (AvgIpc) is 3.01. The van der Waals surface area contributed by atoms with E-state index in [-0.39, 0.29) is 6.04 Å². The Kier molecular flexibility index (Phi) is 2.72. The second-order valence-electron chi connectivity index (χ2n) is 5.23. The Morgan fingerprint density at radius 1 is 1.35 bits per heavy atom. The first-order valence-electron chi connectivity index (χ1n) is 6.71. The van der Waals surface area contributed by atoms with Crippen molar-refractivity contribution in [1.29, 1.82) is 0 Å². The number of halogens is 1. The molecule has 1 aromatic carbocycles. The molecule has 0 radical (unpaired) electrons. The largest absolute Gasteiger partial charge is 0.464 e. The van der Waals surface area contributed by atoms with Crippen LogP contribution in [0, 0.1) is 0 Å². The Bertz CT molecular complexity index is 790. The molecule has 0 bridgehead atoms. The van der Waals surface area contributed by atoms with Gasteiger partial charge in [0.25, 0.3) is 0 Å². The van der Waals surface area contributed by atoms with Gasteiger partial charge in [0.05, 0.1) is 5.69 Å². The molecule has 2 aromatic heterocycles. The molecule has 4 nitrogen and oxygen atoms in total. The Balaban J connectivity index is 1.93. The highest BCUT2D eigenvalue weighted by Gasteiger charge is 2.24. The van der Waals surface area contributed by atoms with Crippen molar-refractivity contribution >= 4 is 26.9 Å². The molecule has 5 heteroatoms. The van der Waals surface area contributed by atoms with Gasteiger partial charge >= 0.3 is 0 Å². The predicted octanol–water partition coefficient (Wildman–Crippen LogP) is 3.33. The van der Waals surface area contributed by atoms with Crippen molar-refractivity contribution < 1.29 is 4.42 Å². The van der Waals surface area contributed by atoms with Crippen LogP contribution in [0.2, 0.25) is 0 Å². The molecule has 3 heterocycles. The van der Waals surface area contributed by atoms with E-state index in [1.807, 2.05) is 18.2 Å². The summed E-state index contributed by atoms with van der Waals surface area (Å²) in [6, 6.07) is 8.26. The lowest BCUT2D eigenvalue weighted by molar-refractivity contribution is 0.455. The first kappa shape index (κ1) is 12.2. The number of imidazole rings is 1. The molecule has 0 fully saturated rings. The van der Waals surface area contributed by atoms with Gasteiger partial charge in [-0.25, -0.2) is 4.98 Å². The lowest BCUT2D eigenvalue weighted by Gasteiger charge is -2.21. The lowest BCUT2D eigenvalue weighted by atomic mass is 10.0. The fraction of sp³-hybridized carbons (Fsp3) is 0.267. The Morgan fingerprint density at radius 3 is 3.10 bits per heavy atom. The maximum absolute atomic E-state index is 6.05. The molecule has 20 heavy (non-hydrogen) atoms. The molecule has 3 aromatic rings. The highest BCUT2D eigenvalue weighted by molar-refractivity contribution is 9.10. The van der Waals surface area contributed by atoms with Gasteiger partial charge in [-0.3, -0.25) is 0 Å². The zero-order chi connectivity index (χ0) is 13.7. The van der Waals surface area contributed by atoms with Gasteiger partial charge in [0.15, 0.2) is 4.73 Å². The number of benzene rings is 1. The molecular formula is C15H14BrN3O. The van der Waals surface area contributed by atoms with E-state index in [1.54, 1.807) is 6.26 Å². The van der Waals surface area contributed by atoms with Gasteiger partial charge in [-0.2, -0.15) is 0 Å². The van der Waals surface area contributed by atoms with Crippen molar-refractivity contribution in [3.63, 3.8) is 0 Å². The average molecular weight is 332 g/mol. The van der Waals surface area contributed by atoms with E-state index in [2.05, 4.69) is 31.5 Å². The molecule has 4 rings (SSSR count). The van der Waals surface area contributed by atoms with E-state index in [0.717, 1.165) is 46.3 Å². The van der Waals surface area contributed by atoms with E-state index >= 15 is 0 Å². The summed E-state index contributed by atoms with van der Waals surface area (Å²) in [6.45, 7) is 0.818. The third-order valence-electron chi connectivity index (χ3n) is 3.93. The van der Waals surface area contributed by atoms with Crippen molar-refractivity contribution in [2.45, 2.75) is 25.4 Å². The number of nitrogens with zero attached hydrogens (tertiary/aromatic N) is 2. The first-order valence-corrected chi connectivity index (χ1v) is 7.50. The predicted molar refractivity (Wildman–Crippen MR) is 81.4 cm³/mol. The zero-order valence-electron chi connectivity index (χ0n) is 10.8. The van der Waals surface area contributed by atoms with Gasteiger partial charge in [0, 0.05) is 29.2 Å². The number of furan rings is 1. The molecule has 2 N–H and O–H groups in total. The first-order chi connectivity index (χ1) is 9.74. The van der Waals surface area contributed by atoms with Crippen LogP contribution in [0.25, 0.3) is 22.2 Å². The van der Waals surface area contributed by atoms with Crippen molar-refractivity contribution in [1.82, 2.24) is 9.55 Å². The summed E-state index contributed by atoms with van der Waals surface area (Å²) >= 11 is 3.55. The van der Waals surface area contributed by atoms with Crippen LogP contribution in [0.15, 0.2) is 39.7 Å². The van der Waals surface area contributed by atoms with Crippen LogP contribution in [0.1, 0.15) is 12.1 Å². The molecule has 102 valence electrons. The highest BCUT2D eigenvalue weighted by Crippen LogP contribution is 2.35. The Labute approximate surface area is 124 Å². The normalized spacial score (nSPS) is 18.4. The number of aromatic nitrogens is 2. The fourth-order valence-electron chi connectivity index (χ4n) is 2.92. The third kappa shape index (κ3) is 1.73. The quantitative estimate of drug-likeness (QED) is 0.744. The van der Waals surface area contributed by atoms with E-state index in [1.165, 1.54) is 5.69 Å². The smallest absolute Gasteiger partial charge is 0.177 e. The highest BCUT2D eigenvalue weighted by atomic mass is 79.9. The van der Waals surface area contributed by atoms with E-state index < -0.39 is 0 Å². The number of hydrogen-bond acceptors (Lipinski definition) is 3. The molecule has 0 saturated heterocycles. The maximum Gasteiger partial charge on any atom is 0.177 e. The molecular weight excluding hydrogens is 318 g/mol. The van der Waals surface area contributed by atoms with Crippen LogP contribution in [0.5, 0.6) is 0 Å². The standard InChI is InChI=1S/C15H14BrN3O/c16-15-18-14(12-6-5-9(17)7-19(12)15)11-8-20-13-4-2-1-3-10(11)13/h1-4,8-9H,5-7,17H2. The minimum Gasteiger partial charge on any atom is -0.464 e. The van der Waals surface area contributed by atoms with E-state index in [9.17, 15) is 0 Å². The summed E-state index contributed by atoms with van der Waals surface area (Å²) in [7, 11) is 0. The van der Waals surface area contributed by atoms with Crippen molar-refractivity contribution in [3.8, 4) is 11.3 Å². The summed E-state index contributed by atoms with van der Waals surface area (Å²) in [5.74, 6) is 0. The molecule has 0 aliphatic carbocycles. The summed E-state index contributed by atoms with van der Waals surface area (Å²) in [6.07, 6.45) is 3.75. The monoisotopic (exact) mass is 331 g/mol. The summed E-state index contributed by atoms with van der Waals surface area (Å²) in [5.41, 5.74) is 10.3. The molecule has 0 spiro atoms.